The monoisotopic (exact) mass is 472 g/mol. The summed E-state index contributed by atoms with van der Waals surface area (Å²) in [7, 11) is -2.11. The lowest BCUT2D eigenvalue weighted by atomic mass is 10.2. The van der Waals surface area contributed by atoms with E-state index in [1.165, 1.54) is 48.3 Å². The molecule has 174 valence electrons. The summed E-state index contributed by atoms with van der Waals surface area (Å²) in [4.78, 5) is 16.3. The van der Waals surface area contributed by atoms with E-state index < -0.39 is 16.0 Å². The van der Waals surface area contributed by atoms with Gasteiger partial charge >= 0.3 is 5.97 Å². The highest BCUT2D eigenvalue weighted by molar-refractivity contribution is 7.89. The van der Waals surface area contributed by atoms with Gasteiger partial charge in [0.25, 0.3) is 0 Å². The lowest BCUT2D eigenvalue weighted by Crippen LogP contribution is -2.30. The van der Waals surface area contributed by atoms with Crippen molar-refractivity contribution in [2.45, 2.75) is 18.7 Å². The Hall–Kier alpha value is -3.70. The van der Waals surface area contributed by atoms with Crippen LogP contribution in [0.4, 0.5) is 5.82 Å². The van der Waals surface area contributed by atoms with Crippen LogP contribution in [-0.4, -0.2) is 50.1 Å². The van der Waals surface area contributed by atoms with Gasteiger partial charge in [-0.15, -0.1) is 0 Å². The minimum absolute atomic E-state index is 0.0790. The van der Waals surface area contributed by atoms with Gasteiger partial charge in [-0.25, -0.2) is 18.2 Å². The quantitative estimate of drug-likeness (QED) is 0.206. The molecule has 33 heavy (non-hydrogen) atoms. The number of methoxy groups -OCH3 is 1. The number of hydrazone groups is 1. The van der Waals surface area contributed by atoms with Gasteiger partial charge in [0.05, 0.1) is 19.6 Å². The first-order valence-electron chi connectivity index (χ1n) is 10.1. The van der Waals surface area contributed by atoms with Crippen LogP contribution >= 0.6 is 0 Å². The number of esters is 1. The maximum atomic E-state index is 12.5. The molecule has 1 N–H and O–H groups in total. The van der Waals surface area contributed by atoms with Crippen LogP contribution in [0.1, 0.15) is 30.0 Å². The van der Waals surface area contributed by atoms with E-state index in [-0.39, 0.29) is 16.4 Å². The molecule has 0 unspecified atom stereocenters. The lowest BCUT2D eigenvalue weighted by molar-refractivity contribution is 0.0696. The average Bonchev–Trinajstić information content (AvgIpc) is 3.36. The largest absolute Gasteiger partial charge is 0.493 e. The van der Waals surface area contributed by atoms with Crippen LogP contribution in [0.25, 0.3) is 0 Å². The van der Waals surface area contributed by atoms with Crippen LogP contribution in [0.15, 0.2) is 69.3 Å². The van der Waals surface area contributed by atoms with Gasteiger partial charge in [0, 0.05) is 19.3 Å². The molecule has 0 saturated heterocycles. The Morgan fingerprint density at radius 2 is 1.97 bits per heavy atom. The molecule has 0 saturated carbocycles. The molecule has 0 bridgehead atoms. The van der Waals surface area contributed by atoms with Crippen molar-refractivity contribution in [2.24, 2.45) is 5.10 Å². The number of pyridine rings is 1. The summed E-state index contributed by atoms with van der Waals surface area (Å²) in [5.74, 6) is 0.383. The van der Waals surface area contributed by atoms with Crippen molar-refractivity contribution in [3.8, 4) is 11.5 Å². The van der Waals surface area contributed by atoms with E-state index in [4.69, 9.17) is 13.9 Å². The highest BCUT2D eigenvalue weighted by Gasteiger charge is 2.21. The van der Waals surface area contributed by atoms with Crippen LogP contribution in [-0.2, 0) is 10.0 Å². The number of ether oxygens (including phenoxy) is 2. The van der Waals surface area contributed by atoms with Crippen molar-refractivity contribution in [2.75, 3.05) is 25.6 Å². The SMILES string of the molecule is CCN(CC)S(=O)(=O)c1ccc(N/N=C/c2ccc(OC(=O)c3ccco3)c(OC)c2)nc1. The Morgan fingerprint density at radius 3 is 2.58 bits per heavy atom. The molecule has 0 atom stereocenters. The highest BCUT2D eigenvalue weighted by atomic mass is 32.2. The Bertz CT molecular complexity index is 1200. The topological polar surface area (TPSA) is 123 Å². The number of anilines is 1. The molecule has 1 aromatic carbocycles. The summed E-state index contributed by atoms with van der Waals surface area (Å²) < 4.78 is 42.0. The molecule has 0 fully saturated rings. The number of carbonyl (C=O) groups excluding carboxylic acids is 1. The molecule has 3 rings (SSSR count). The van der Waals surface area contributed by atoms with Gasteiger partial charge < -0.3 is 13.9 Å². The molecule has 0 spiro atoms. The summed E-state index contributed by atoms with van der Waals surface area (Å²) in [5, 5.41) is 4.10. The van der Waals surface area contributed by atoms with E-state index in [0.717, 1.165) is 0 Å². The van der Waals surface area contributed by atoms with Crippen molar-refractivity contribution < 1.29 is 27.1 Å². The molecular weight excluding hydrogens is 448 g/mol. The molecule has 2 aromatic heterocycles. The smallest absolute Gasteiger partial charge is 0.379 e. The normalized spacial score (nSPS) is 11.6. The number of sulfonamides is 1. The molecule has 0 aliphatic rings. The van der Waals surface area contributed by atoms with Crippen LogP contribution in [0, 0.1) is 0 Å². The molecule has 11 heteroatoms. The van der Waals surface area contributed by atoms with Gasteiger partial charge in [-0.05, 0) is 48.0 Å². The van der Waals surface area contributed by atoms with Gasteiger partial charge in [0.1, 0.15) is 10.7 Å². The Morgan fingerprint density at radius 1 is 1.18 bits per heavy atom. The van der Waals surface area contributed by atoms with E-state index in [0.29, 0.717) is 30.2 Å². The summed E-state index contributed by atoms with van der Waals surface area (Å²) in [6.07, 6.45) is 4.19. The summed E-state index contributed by atoms with van der Waals surface area (Å²) in [6.45, 7) is 4.33. The van der Waals surface area contributed by atoms with E-state index >= 15 is 0 Å². The van der Waals surface area contributed by atoms with E-state index in [1.807, 2.05) is 0 Å². The standard InChI is InChI=1S/C22H24N4O6S/c1-4-26(5-2)33(28,29)17-9-11-21(23-15-17)25-24-14-16-8-10-18(20(13-16)30-3)32-22(27)19-7-6-12-31-19/h6-15H,4-5H2,1-3H3,(H,23,25)/b24-14+. The molecule has 0 aliphatic heterocycles. The first-order chi connectivity index (χ1) is 15.9. The third-order valence-electron chi connectivity index (χ3n) is 4.58. The molecule has 0 aliphatic carbocycles. The Balaban J connectivity index is 1.66. The van der Waals surface area contributed by atoms with Gasteiger partial charge in [0.15, 0.2) is 11.5 Å². The van der Waals surface area contributed by atoms with Crippen LogP contribution in [0.5, 0.6) is 11.5 Å². The fourth-order valence-corrected chi connectivity index (χ4v) is 4.28. The van der Waals surface area contributed by atoms with E-state index in [9.17, 15) is 13.2 Å². The van der Waals surface area contributed by atoms with Crippen molar-refractivity contribution in [1.82, 2.24) is 9.29 Å². The summed E-state index contributed by atoms with van der Waals surface area (Å²) >= 11 is 0. The van der Waals surface area contributed by atoms with E-state index in [2.05, 4.69) is 15.5 Å². The third-order valence-corrected chi connectivity index (χ3v) is 6.62. The van der Waals surface area contributed by atoms with Crippen molar-refractivity contribution >= 4 is 28.0 Å². The number of benzene rings is 1. The average molecular weight is 473 g/mol. The van der Waals surface area contributed by atoms with Gasteiger partial charge in [-0.3, -0.25) is 5.43 Å². The third kappa shape index (κ3) is 5.76. The number of rotatable bonds is 10. The maximum absolute atomic E-state index is 12.5. The number of aromatic nitrogens is 1. The maximum Gasteiger partial charge on any atom is 0.379 e. The molecule has 0 amide bonds. The molecule has 2 heterocycles. The van der Waals surface area contributed by atoms with Gasteiger partial charge in [-0.1, -0.05) is 13.8 Å². The van der Waals surface area contributed by atoms with Crippen molar-refractivity contribution in [1.29, 1.82) is 0 Å². The van der Waals surface area contributed by atoms with Gasteiger partial charge in [0.2, 0.25) is 15.8 Å². The van der Waals surface area contributed by atoms with Gasteiger partial charge in [-0.2, -0.15) is 9.41 Å². The second kappa shape index (κ2) is 10.7. The molecular formula is C22H24N4O6S. The van der Waals surface area contributed by atoms with Crippen molar-refractivity contribution in [3.05, 3.63) is 66.2 Å². The number of hydrogen-bond acceptors (Lipinski definition) is 9. The zero-order valence-electron chi connectivity index (χ0n) is 18.4. The molecule has 3 aromatic rings. The number of furan rings is 1. The fourth-order valence-electron chi connectivity index (χ4n) is 2.88. The zero-order chi connectivity index (χ0) is 23.8. The second-order valence-electron chi connectivity index (χ2n) is 6.62. The zero-order valence-corrected chi connectivity index (χ0v) is 19.2. The summed E-state index contributed by atoms with van der Waals surface area (Å²) in [6, 6.07) is 11.0. The predicted octanol–water partition coefficient (Wildman–Crippen LogP) is 3.38. The van der Waals surface area contributed by atoms with E-state index in [1.54, 1.807) is 38.1 Å². The first-order valence-corrected chi connectivity index (χ1v) is 11.5. The fraction of sp³-hybridized carbons (Fsp3) is 0.227. The highest BCUT2D eigenvalue weighted by Crippen LogP contribution is 2.28. The number of nitrogens with one attached hydrogen (secondary N) is 1. The number of hydrogen-bond donors (Lipinski definition) is 1. The minimum Gasteiger partial charge on any atom is -0.493 e. The minimum atomic E-state index is -3.57. The molecule has 10 nitrogen and oxygen atoms in total. The Kier molecular flexibility index (Phi) is 7.80. The first kappa shape index (κ1) is 24.0. The summed E-state index contributed by atoms with van der Waals surface area (Å²) in [5.41, 5.74) is 3.41. The number of carbonyl (C=O) groups is 1. The second-order valence-corrected chi connectivity index (χ2v) is 8.55. The Labute approximate surface area is 191 Å². The molecule has 0 radical (unpaired) electrons. The predicted molar refractivity (Wildman–Crippen MR) is 122 cm³/mol. The van der Waals surface area contributed by atoms with Crippen LogP contribution in [0.2, 0.25) is 0 Å². The van der Waals surface area contributed by atoms with Crippen molar-refractivity contribution in [3.63, 3.8) is 0 Å². The lowest BCUT2D eigenvalue weighted by Gasteiger charge is -2.18. The van der Waals surface area contributed by atoms with Crippen LogP contribution in [0.3, 0.4) is 0 Å². The number of nitrogens with zero attached hydrogens (tertiary/aromatic N) is 3. The van der Waals surface area contributed by atoms with Crippen LogP contribution < -0.4 is 14.9 Å².